The lowest BCUT2D eigenvalue weighted by atomic mass is 10.0. The van der Waals surface area contributed by atoms with Crippen molar-refractivity contribution < 1.29 is 4.74 Å². The molecule has 152 valence electrons. The van der Waals surface area contributed by atoms with Crippen LogP contribution in [0.2, 0.25) is 0 Å². The van der Waals surface area contributed by atoms with Crippen molar-refractivity contribution in [2.75, 3.05) is 6.54 Å². The molecule has 1 unspecified atom stereocenters. The van der Waals surface area contributed by atoms with Gasteiger partial charge in [-0.25, -0.2) is 4.98 Å². The van der Waals surface area contributed by atoms with Gasteiger partial charge >= 0.3 is 0 Å². The fraction of sp³-hybridized carbons (Fsp3) is 0.348. The molecule has 0 aliphatic heterocycles. The highest BCUT2D eigenvalue weighted by Gasteiger charge is 2.15. The molecular weight excluding hydrogens is 362 g/mol. The highest BCUT2D eigenvalue weighted by atomic mass is 16.5. The summed E-state index contributed by atoms with van der Waals surface area (Å²) >= 11 is 0. The summed E-state index contributed by atoms with van der Waals surface area (Å²) in [5, 5.41) is 3.62. The van der Waals surface area contributed by atoms with Crippen molar-refractivity contribution >= 4 is 0 Å². The van der Waals surface area contributed by atoms with Crippen molar-refractivity contribution in [3.8, 4) is 5.88 Å². The molecule has 0 bridgehead atoms. The normalized spacial score (nSPS) is 11.9. The molecule has 1 aromatic carbocycles. The summed E-state index contributed by atoms with van der Waals surface area (Å²) < 4.78 is 5.97. The number of nitrogens with two attached hydrogens (primary N) is 1. The van der Waals surface area contributed by atoms with E-state index in [2.05, 4.69) is 33.3 Å². The summed E-state index contributed by atoms with van der Waals surface area (Å²) in [6.45, 7) is 3.93. The van der Waals surface area contributed by atoms with E-state index in [9.17, 15) is 0 Å². The Bertz CT molecular complexity index is 872. The van der Waals surface area contributed by atoms with Crippen molar-refractivity contribution in [1.82, 2.24) is 20.3 Å². The van der Waals surface area contributed by atoms with E-state index < -0.39 is 0 Å². The summed E-state index contributed by atoms with van der Waals surface area (Å²) in [4.78, 5) is 13.4. The highest BCUT2D eigenvalue weighted by Crippen LogP contribution is 2.17. The average molecular weight is 392 g/mol. The first-order valence-corrected chi connectivity index (χ1v) is 10.1. The number of rotatable bonds is 11. The van der Waals surface area contributed by atoms with E-state index in [1.807, 2.05) is 42.6 Å². The number of pyridine rings is 1. The minimum absolute atomic E-state index is 0.218. The predicted molar refractivity (Wildman–Crippen MR) is 114 cm³/mol. The van der Waals surface area contributed by atoms with Gasteiger partial charge in [-0.05, 0) is 43.5 Å². The van der Waals surface area contributed by atoms with E-state index in [0.29, 0.717) is 25.6 Å². The van der Waals surface area contributed by atoms with Gasteiger partial charge in [-0.2, -0.15) is 0 Å². The largest absolute Gasteiger partial charge is 0.472 e. The lowest BCUT2D eigenvalue weighted by Crippen LogP contribution is -2.32. The van der Waals surface area contributed by atoms with E-state index >= 15 is 0 Å². The van der Waals surface area contributed by atoms with E-state index in [4.69, 9.17) is 10.5 Å². The second-order valence-corrected chi connectivity index (χ2v) is 7.06. The van der Waals surface area contributed by atoms with E-state index in [1.54, 1.807) is 12.4 Å². The van der Waals surface area contributed by atoms with Crippen LogP contribution < -0.4 is 15.8 Å². The SMILES string of the molecule is Cc1cccnc1CNC(CCCN)Cc1nccnc1OCc1ccccc1. The van der Waals surface area contributed by atoms with Gasteiger partial charge in [0.05, 0.1) is 5.69 Å². The fourth-order valence-electron chi connectivity index (χ4n) is 3.16. The van der Waals surface area contributed by atoms with Gasteiger partial charge < -0.3 is 15.8 Å². The molecule has 0 spiro atoms. The van der Waals surface area contributed by atoms with Gasteiger partial charge in [0, 0.05) is 37.6 Å². The van der Waals surface area contributed by atoms with Crippen LogP contribution in [0, 0.1) is 6.92 Å². The van der Waals surface area contributed by atoms with Gasteiger partial charge in [-0.3, -0.25) is 9.97 Å². The Hall–Kier alpha value is -2.83. The van der Waals surface area contributed by atoms with Crippen molar-refractivity contribution in [2.45, 2.75) is 45.4 Å². The molecule has 1 atom stereocenters. The molecule has 0 aliphatic carbocycles. The molecule has 0 amide bonds. The number of nitrogens with zero attached hydrogens (tertiary/aromatic N) is 3. The zero-order valence-corrected chi connectivity index (χ0v) is 16.9. The molecule has 3 aromatic rings. The van der Waals surface area contributed by atoms with Gasteiger partial charge in [0.15, 0.2) is 0 Å². The third kappa shape index (κ3) is 6.62. The molecule has 0 saturated heterocycles. The van der Waals surface area contributed by atoms with Gasteiger partial charge in [-0.15, -0.1) is 0 Å². The lowest BCUT2D eigenvalue weighted by molar-refractivity contribution is 0.286. The van der Waals surface area contributed by atoms with Gasteiger partial charge in [0.1, 0.15) is 12.3 Å². The minimum atomic E-state index is 0.218. The molecule has 6 heteroatoms. The molecule has 3 N–H and O–H groups in total. The Morgan fingerprint density at radius 2 is 1.76 bits per heavy atom. The van der Waals surface area contributed by atoms with Crippen LogP contribution in [0.4, 0.5) is 0 Å². The molecular formula is C23H29N5O. The third-order valence-corrected chi connectivity index (χ3v) is 4.83. The topological polar surface area (TPSA) is 86.0 Å². The van der Waals surface area contributed by atoms with Crippen LogP contribution in [-0.4, -0.2) is 27.5 Å². The number of hydrogen-bond acceptors (Lipinski definition) is 6. The van der Waals surface area contributed by atoms with Gasteiger partial charge in [0.25, 0.3) is 0 Å². The molecule has 6 nitrogen and oxygen atoms in total. The van der Waals surface area contributed by atoms with Crippen LogP contribution in [0.5, 0.6) is 5.88 Å². The summed E-state index contributed by atoms with van der Waals surface area (Å²) in [6, 6.07) is 14.3. The number of nitrogens with one attached hydrogen (secondary N) is 1. The summed E-state index contributed by atoms with van der Waals surface area (Å²) in [5.41, 5.74) is 9.96. The van der Waals surface area contributed by atoms with Gasteiger partial charge in [-0.1, -0.05) is 36.4 Å². The Morgan fingerprint density at radius 1 is 0.966 bits per heavy atom. The smallest absolute Gasteiger partial charge is 0.235 e. The molecule has 3 rings (SSSR count). The third-order valence-electron chi connectivity index (χ3n) is 4.83. The molecule has 0 saturated carbocycles. The van der Waals surface area contributed by atoms with Crippen LogP contribution in [0.25, 0.3) is 0 Å². The van der Waals surface area contributed by atoms with Crippen LogP contribution in [-0.2, 0) is 19.6 Å². The monoisotopic (exact) mass is 391 g/mol. The quantitative estimate of drug-likeness (QED) is 0.522. The maximum atomic E-state index is 5.97. The second kappa shape index (κ2) is 11.2. The first-order valence-electron chi connectivity index (χ1n) is 10.1. The number of aryl methyl sites for hydroxylation is 1. The maximum Gasteiger partial charge on any atom is 0.235 e. The van der Waals surface area contributed by atoms with E-state index in [1.165, 1.54) is 5.56 Å². The predicted octanol–water partition coefficient (Wildman–Crippen LogP) is 3.20. The number of aromatic nitrogens is 3. The van der Waals surface area contributed by atoms with Crippen LogP contribution >= 0.6 is 0 Å². The zero-order chi connectivity index (χ0) is 20.3. The summed E-state index contributed by atoms with van der Waals surface area (Å²) in [6.07, 6.45) is 7.84. The maximum absolute atomic E-state index is 5.97. The molecule has 29 heavy (non-hydrogen) atoms. The zero-order valence-electron chi connectivity index (χ0n) is 16.9. The Morgan fingerprint density at radius 3 is 2.55 bits per heavy atom. The molecule has 0 radical (unpaired) electrons. The average Bonchev–Trinajstić information content (AvgIpc) is 2.76. The molecule has 2 heterocycles. The van der Waals surface area contributed by atoms with Crippen molar-refractivity contribution in [3.05, 3.63) is 83.6 Å². The van der Waals surface area contributed by atoms with E-state index in [-0.39, 0.29) is 6.04 Å². The minimum Gasteiger partial charge on any atom is -0.472 e. The molecule has 0 fully saturated rings. The first-order chi connectivity index (χ1) is 14.3. The standard InChI is InChI=1S/C23H29N5O/c1-18-7-6-12-25-22(18)16-28-20(10-5-11-24)15-21-23(27-14-13-26-21)29-17-19-8-3-2-4-9-19/h2-4,6-9,12-14,20,28H,5,10-11,15-17,24H2,1H3. The highest BCUT2D eigenvalue weighted by molar-refractivity contribution is 5.21. The van der Waals surface area contributed by atoms with Crippen LogP contribution in [0.15, 0.2) is 61.1 Å². The van der Waals surface area contributed by atoms with Crippen molar-refractivity contribution in [2.24, 2.45) is 5.73 Å². The second-order valence-electron chi connectivity index (χ2n) is 7.06. The van der Waals surface area contributed by atoms with Gasteiger partial charge in [0.2, 0.25) is 5.88 Å². The van der Waals surface area contributed by atoms with E-state index in [0.717, 1.165) is 36.2 Å². The van der Waals surface area contributed by atoms with Crippen molar-refractivity contribution in [1.29, 1.82) is 0 Å². The Kier molecular flexibility index (Phi) is 8.10. The van der Waals surface area contributed by atoms with Crippen LogP contribution in [0.1, 0.15) is 35.4 Å². The fourth-order valence-corrected chi connectivity index (χ4v) is 3.16. The van der Waals surface area contributed by atoms with Crippen molar-refractivity contribution in [3.63, 3.8) is 0 Å². The summed E-state index contributed by atoms with van der Waals surface area (Å²) in [5.74, 6) is 0.588. The number of benzene rings is 1. The Balaban J connectivity index is 1.66. The molecule has 2 aromatic heterocycles. The Labute approximate surface area is 172 Å². The number of ether oxygens (including phenoxy) is 1. The summed E-state index contributed by atoms with van der Waals surface area (Å²) in [7, 11) is 0. The van der Waals surface area contributed by atoms with Crippen LogP contribution in [0.3, 0.4) is 0 Å². The molecule has 0 aliphatic rings. The first kappa shape index (κ1) is 20.9. The number of hydrogen-bond donors (Lipinski definition) is 2. The lowest BCUT2D eigenvalue weighted by Gasteiger charge is -2.19.